The number of methoxy groups -OCH3 is 1. The van der Waals surface area contributed by atoms with Crippen molar-refractivity contribution in [1.82, 2.24) is 4.90 Å². The summed E-state index contributed by atoms with van der Waals surface area (Å²) in [6.45, 7) is 8.03. The third kappa shape index (κ3) is 4.53. The van der Waals surface area contributed by atoms with Crippen LogP contribution in [-0.2, 0) is 19.7 Å². The van der Waals surface area contributed by atoms with E-state index in [4.69, 9.17) is 14.2 Å². The molecule has 2 aliphatic heterocycles. The number of Topliss-reactive ketones (excluding diaryl/α,β-unsaturated/α-hetero) is 1. The molecule has 2 aromatic carbocycles. The summed E-state index contributed by atoms with van der Waals surface area (Å²) in [6.07, 6.45) is 0.574. The molecule has 2 aliphatic rings. The van der Waals surface area contributed by atoms with Crippen LogP contribution in [0.1, 0.15) is 49.9 Å². The lowest BCUT2D eigenvalue weighted by atomic mass is 9.85. The first-order chi connectivity index (χ1) is 16.2. The summed E-state index contributed by atoms with van der Waals surface area (Å²) in [4.78, 5) is 27.7. The first-order valence-electron chi connectivity index (χ1n) is 11.5. The van der Waals surface area contributed by atoms with Gasteiger partial charge in [0.2, 0.25) is 0 Å². The van der Waals surface area contributed by atoms with E-state index in [9.17, 15) is 14.7 Å². The summed E-state index contributed by atoms with van der Waals surface area (Å²) in [6, 6.07) is 12.2. The second-order valence-corrected chi connectivity index (χ2v) is 9.57. The van der Waals surface area contributed by atoms with E-state index in [0.29, 0.717) is 49.8 Å². The van der Waals surface area contributed by atoms with Gasteiger partial charge in [-0.05, 0) is 41.2 Å². The molecule has 1 N–H and O–H groups in total. The maximum absolute atomic E-state index is 13.2. The number of fused-ring (bicyclic) bond motifs is 1. The van der Waals surface area contributed by atoms with Crippen LogP contribution in [0.25, 0.3) is 5.76 Å². The molecule has 1 fully saturated rings. The van der Waals surface area contributed by atoms with Crippen LogP contribution < -0.4 is 9.47 Å². The van der Waals surface area contributed by atoms with E-state index in [1.54, 1.807) is 25.3 Å². The monoisotopic (exact) mass is 465 g/mol. The zero-order valence-corrected chi connectivity index (χ0v) is 20.1. The standard InChI is InChI=1S/C27H31NO6/c1-27(2,3)19-9-6-17(7-10-19)23-22(25(30)26(31)28(23)12-5-13-32-4)24(29)18-8-11-20-21(16-18)34-15-14-33-20/h6-11,16,23,29H,5,12-15H2,1-4H3/b24-22+. The number of likely N-dealkylation sites (tertiary alicyclic amines) is 1. The summed E-state index contributed by atoms with van der Waals surface area (Å²) < 4.78 is 16.3. The van der Waals surface area contributed by atoms with E-state index in [-0.39, 0.29) is 16.7 Å². The zero-order valence-electron chi connectivity index (χ0n) is 20.1. The summed E-state index contributed by atoms with van der Waals surface area (Å²) in [5.74, 6) is -0.475. The summed E-state index contributed by atoms with van der Waals surface area (Å²) in [5.41, 5.74) is 2.34. The number of ketones is 1. The quantitative estimate of drug-likeness (QED) is 0.298. The smallest absolute Gasteiger partial charge is 0.295 e. The van der Waals surface area contributed by atoms with Crippen molar-refractivity contribution >= 4 is 17.4 Å². The molecule has 1 amide bonds. The van der Waals surface area contributed by atoms with Crippen molar-refractivity contribution in [3.8, 4) is 11.5 Å². The normalized spacial score (nSPS) is 19.5. The van der Waals surface area contributed by atoms with Crippen LogP contribution in [0.2, 0.25) is 0 Å². The minimum Gasteiger partial charge on any atom is -0.507 e. The summed E-state index contributed by atoms with van der Waals surface area (Å²) >= 11 is 0. The van der Waals surface area contributed by atoms with E-state index >= 15 is 0 Å². The number of nitrogens with zero attached hydrogens (tertiary/aromatic N) is 1. The highest BCUT2D eigenvalue weighted by Gasteiger charge is 2.45. The minimum absolute atomic E-state index is 0.0377. The van der Waals surface area contributed by atoms with Gasteiger partial charge in [0.15, 0.2) is 11.5 Å². The lowest BCUT2D eigenvalue weighted by molar-refractivity contribution is -0.140. The van der Waals surface area contributed by atoms with Gasteiger partial charge in [0.25, 0.3) is 11.7 Å². The number of ether oxygens (including phenoxy) is 3. The minimum atomic E-state index is -0.699. The molecule has 1 atom stereocenters. The highest BCUT2D eigenvalue weighted by atomic mass is 16.6. The van der Waals surface area contributed by atoms with Gasteiger partial charge in [-0.15, -0.1) is 0 Å². The van der Waals surface area contributed by atoms with Crippen molar-refractivity contribution in [2.45, 2.75) is 38.6 Å². The number of aliphatic hydroxyl groups excluding tert-OH is 1. The summed E-state index contributed by atoms with van der Waals surface area (Å²) in [5, 5.41) is 11.3. The molecule has 0 radical (unpaired) electrons. The Bertz CT molecular complexity index is 1110. The van der Waals surface area contributed by atoms with Gasteiger partial charge in [-0.1, -0.05) is 45.0 Å². The zero-order chi connectivity index (χ0) is 24.5. The number of carbonyl (C=O) groups is 2. The van der Waals surface area contributed by atoms with Crippen molar-refractivity contribution in [2.75, 3.05) is 33.5 Å². The maximum Gasteiger partial charge on any atom is 0.295 e. The number of rotatable bonds is 6. The fourth-order valence-electron chi connectivity index (χ4n) is 4.35. The molecule has 0 aromatic heterocycles. The molecule has 4 rings (SSSR count). The molecule has 1 saturated heterocycles. The van der Waals surface area contributed by atoms with Gasteiger partial charge >= 0.3 is 0 Å². The van der Waals surface area contributed by atoms with Crippen LogP contribution in [-0.4, -0.2) is 55.2 Å². The van der Waals surface area contributed by atoms with E-state index in [2.05, 4.69) is 20.8 Å². The van der Waals surface area contributed by atoms with Gasteiger partial charge < -0.3 is 24.2 Å². The molecular weight excluding hydrogens is 434 g/mol. The average Bonchev–Trinajstić information content (AvgIpc) is 3.08. The van der Waals surface area contributed by atoms with Gasteiger partial charge in [0.1, 0.15) is 19.0 Å². The molecule has 7 nitrogen and oxygen atoms in total. The van der Waals surface area contributed by atoms with Crippen molar-refractivity contribution < 1.29 is 28.9 Å². The first-order valence-corrected chi connectivity index (χ1v) is 11.5. The molecule has 180 valence electrons. The van der Waals surface area contributed by atoms with Gasteiger partial charge in [-0.25, -0.2) is 0 Å². The predicted octanol–water partition coefficient (Wildman–Crippen LogP) is 4.21. The molecule has 0 spiro atoms. The van der Waals surface area contributed by atoms with Gasteiger partial charge in [0, 0.05) is 25.8 Å². The fraction of sp³-hybridized carbons (Fsp3) is 0.407. The SMILES string of the molecule is COCCCN1C(=O)C(=O)/C(=C(/O)c2ccc3c(c2)OCCO3)C1c1ccc(C(C)(C)C)cc1. The van der Waals surface area contributed by atoms with Crippen molar-refractivity contribution in [1.29, 1.82) is 0 Å². The number of carbonyl (C=O) groups excluding carboxylic acids is 2. The van der Waals surface area contributed by atoms with Gasteiger partial charge in [0.05, 0.1) is 11.6 Å². The molecule has 2 aromatic rings. The van der Waals surface area contributed by atoms with Crippen LogP contribution in [0.3, 0.4) is 0 Å². The highest BCUT2D eigenvalue weighted by Crippen LogP contribution is 2.41. The maximum atomic E-state index is 13.2. The fourth-order valence-corrected chi connectivity index (χ4v) is 4.35. The highest BCUT2D eigenvalue weighted by molar-refractivity contribution is 6.46. The van der Waals surface area contributed by atoms with E-state index in [0.717, 1.165) is 11.1 Å². The third-order valence-electron chi connectivity index (χ3n) is 6.20. The lowest BCUT2D eigenvalue weighted by Crippen LogP contribution is -2.31. The third-order valence-corrected chi connectivity index (χ3v) is 6.20. The topological polar surface area (TPSA) is 85.3 Å². The first kappa shape index (κ1) is 23.8. The Morgan fingerprint density at radius 2 is 1.74 bits per heavy atom. The van der Waals surface area contributed by atoms with Crippen molar-refractivity contribution in [2.24, 2.45) is 0 Å². The predicted molar refractivity (Wildman–Crippen MR) is 128 cm³/mol. The van der Waals surface area contributed by atoms with E-state index in [1.165, 1.54) is 4.90 Å². The largest absolute Gasteiger partial charge is 0.507 e. The number of amides is 1. The number of benzene rings is 2. The van der Waals surface area contributed by atoms with E-state index < -0.39 is 17.7 Å². The van der Waals surface area contributed by atoms with Crippen molar-refractivity contribution in [3.05, 3.63) is 64.7 Å². The molecule has 2 heterocycles. The van der Waals surface area contributed by atoms with Gasteiger partial charge in [-0.3, -0.25) is 9.59 Å². The summed E-state index contributed by atoms with van der Waals surface area (Å²) in [7, 11) is 1.60. The van der Waals surface area contributed by atoms with Gasteiger partial charge in [-0.2, -0.15) is 0 Å². The molecule has 7 heteroatoms. The van der Waals surface area contributed by atoms with E-state index in [1.807, 2.05) is 24.3 Å². The Labute approximate surface area is 199 Å². The molecule has 0 aliphatic carbocycles. The second-order valence-electron chi connectivity index (χ2n) is 9.57. The average molecular weight is 466 g/mol. The second kappa shape index (κ2) is 9.50. The Morgan fingerprint density at radius 3 is 2.38 bits per heavy atom. The molecular formula is C27H31NO6. The molecule has 0 bridgehead atoms. The number of hydrogen-bond donors (Lipinski definition) is 1. The Balaban J connectivity index is 1.80. The van der Waals surface area contributed by atoms with Crippen LogP contribution in [0, 0.1) is 0 Å². The number of hydrogen-bond acceptors (Lipinski definition) is 6. The Kier molecular flexibility index (Phi) is 6.66. The van der Waals surface area contributed by atoms with Crippen molar-refractivity contribution in [3.63, 3.8) is 0 Å². The molecule has 34 heavy (non-hydrogen) atoms. The lowest BCUT2D eigenvalue weighted by Gasteiger charge is -2.26. The van der Waals surface area contributed by atoms with Crippen LogP contribution >= 0.6 is 0 Å². The van der Waals surface area contributed by atoms with Crippen LogP contribution in [0.4, 0.5) is 0 Å². The Morgan fingerprint density at radius 1 is 1.06 bits per heavy atom. The Hall–Kier alpha value is -3.32. The van der Waals surface area contributed by atoms with Crippen LogP contribution in [0.15, 0.2) is 48.0 Å². The van der Waals surface area contributed by atoms with Crippen LogP contribution in [0.5, 0.6) is 11.5 Å². The number of aliphatic hydroxyl groups is 1. The molecule has 0 saturated carbocycles. The molecule has 1 unspecified atom stereocenters.